The van der Waals surface area contributed by atoms with E-state index in [0.29, 0.717) is 37.5 Å². The minimum Gasteiger partial charge on any atom is -0.444 e. The SMILES string of the molecule is CN(Cc1ccccc1Cl)C(=O)C1CCN(C(=O)OC(C)(C)C)CC1. The van der Waals surface area contributed by atoms with Gasteiger partial charge in [0.05, 0.1) is 0 Å². The van der Waals surface area contributed by atoms with Crippen molar-refractivity contribution < 1.29 is 14.3 Å². The number of benzene rings is 1. The molecule has 138 valence electrons. The fourth-order valence-electron chi connectivity index (χ4n) is 2.91. The third-order valence-electron chi connectivity index (χ3n) is 4.24. The highest BCUT2D eigenvalue weighted by Gasteiger charge is 2.31. The van der Waals surface area contributed by atoms with E-state index in [-0.39, 0.29) is 17.9 Å². The second-order valence-corrected chi connectivity index (χ2v) is 7.93. The number of hydrogen-bond donors (Lipinski definition) is 0. The Morgan fingerprint density at radius 2 is 1.84 bits per heavy atom. The lowest BCUT2D eigenvalue weighted by atomic mass is 9.95. The zero-order valence-electron chi connectivity index (χ0n) is 15.4. The number of likely N-dealkylation sites (tertiary alicyclic amines) is 1. The van der Waals surface area contributed by atoms with Gasteiger partial charge in [-0.2, -0.15) is 0 Å². The molecule has 1 fully saturated rings. The van der Waals surface area contributed by atoms with Crippen LogP contribution in [0.3, 0.4) is 0 Å². The summed E-state index contributed by atoms with van der Waals surface area (Å²) in [7, 11) is 1.80. The quantitative estimate of drug-likeness (QED) is 0.813. The molecule has 0 unspecified atom stereocenters. The molecule has 1 saturated heterocycles. The highest BCUT2D eigenvalue weighted by Crippen LogP contribution is 2.23. The molecule has 25 heavy (non-hydrogen) atoms. The fraction of sp³-hybridized carbons (Fsp3) is 0.579. The number of rotatable bonds is 3. The van der Waals surface area contributed by atoms with E-state index in [1.165, 1.54) is 0 Å². The molecule has 0 spiro atoms. The molecular formula is C19H27ClN2O3. The van der Waals surface area contributed by atoms with E-state index in [0.717, 1.165) is 5.56 Å². The number of nitrogens with zero attached hydrogens (tertiary/aromatic N) is 2. The van der Waals surface area contributed by atoms with Crippen molar-refractivity contribution in [2.75, 3.05) is 20.1 Å². The smallest absolute Gasteiger partial charge is 0.410 e. The second-order valence-electron chi connectivity index (χ2n) is 7.53. The van der Waals surface area contributed by atoms with Gasteiger partial charge in [0.1, 0.15) is 5.60 Å². The highest BCUT2D eigenvalue weighted by molar-refractivity contribution is 6.31. The van der Waals surface area contributed by atoms with Crippen LogP contribution in [0, 0.1) is 5.92 Å². The molecule has 1 aliphatic rings. The molecule has 6 heteroatoms. The molecule has 0 atom stereocenters. The molecule has 1 aliphatic heterocycles. The lowest BCUT2D eigenvalue weighted by molar-refractivity contribution is -0.136. The van der Waals surface area contributed by atoms with Crippen molar-refractivity contribution in [2.24, 2.45) is 5.92 Å². The molecule has 1 aromatic rings. The van der Waals surface area contributed by atoms with E-state index in [1.54, 1.807) is 16.8 Å². The van der Waals surface area contributed by atoms with Crippen LogP contribution in [-0.2, 0) is 16.1 Å². The molecule has 2 rings (SSSR count). The molecule has 0 N–H and O–H groups in total. The minimum absolute atomic E-state index is 0.0637. The first-order chi connectivity index (χ1) is 11.7. The number of amides is 2. The molecule has 0 radical (unpaired) electrons. The molecule has 1 aromatic carbocycles. The summed E-state index contributed by atoms with van der Waals surface area (Å²) in [5, 5.41) is 0.668. The van der Waals surface area contributed by atoms with Gasteiger partial charge in [0.25, 0.3) is 0 Å². The number of hydrogen-bond acceptors (Lipinski definition) is 3. The van der Waals surface area contributed by atoms with Crippen LogP contribution >= 0.6 is 11.6 Å². The second kappa shape index (κ2) is 8.09. The molecule has 5 nitrogen and oxygen atoms in total. The first-order valence-corrected chi connectivity index (χ1v) is 9.01. The maximum atomic E-state index is 12.7. The number of piperidine rings is 1. The normalized spacial score (nSPS) is 15.8. The number of halogens is 1. The monoisotopic (exact) mass is 366 g/mol. The van der Waals surface area contributed by atoms with Crippen molar-refractivity contribution in [3.8, 4) is 0 Å². The van der Waals surface area contributed by atoms with E-state index in [2.05, 4.69) is 0 Å². The van der Waals surface area contributed by atoms with Gasteiger partial charge in [-0.15, -0.1) is 0 Å². The van der Waals surface area contributed by atoms with Gasteiger partial charge in [-0.3, -0.25) is 4.79 Å². The maximum Gasteiger partial charge on any atom is 0.410 e. The van der Waals surface area contributed by atoms with Crippen LogP contribution in [0.2, 0.25) is 5.02 Å². The Morgan fingerprint density at radius 3 is 2.40 bits per heavy atom. The van der Waals surface area contributed by atoms with Crippen molar-refractivity contribution >= 4 is 23.6 Å². The van der Waals surface area contributed by atoms with Crippen molar-refractivity contribution in [3.05, 3.63) is 34.9 Å². The van der Waals surface area contributed by atoms with Gasteiger partial charge in [-0.25, -0.2) is 4.79 Å². The van der Waals surface area contributed by atoms with Gasteiger partial charge in [0.2, 0.25) is 5.91 Å². The van der Waals surface area contributed by atoms with Crippen LogP contribution in [0.15, 0.2) is 24.3 Å². The standard InChI is InChI=1S/C19H27ClN2O3/c1-19(2,3)25-18(24)22-11-9-14(10-12-22)17(23)21(4)13-15-7-5-6-8-16(15)20/h5-8,14H,9-13H2,1-4H3. The number of carbonyl (C=O) groups excluding carboxylic acids is 2. The Balaban J connectivity index is 1.86. The van der Waals surface area contributed by atoms with Gasteiger partial charge in [-0.05, 0) is 45.2 Å². The van der Waals surface area contributed by atoms with Gasteiger partial charge >= 0.3 is 6.09 Å². The van der Waals surface area contributed by atoms with Crippen molar-refractivity contribution in [1.82, 2.24) is 9.80 Å². The molecular weight excluding hydrogens is 340 g/mol. The van der Waals surface area contributed by atoms with Crippen LogP contribution < -0.4 is 0 Å². The largest absolute Gasteiger partial charge is 0.444 e. The zero-order chi connectivity index (χ0) is 18.6. The average molecular weight is 367 g/mol. The Hall–Kier alpha value is -1.75. The van der Waals surface area contributed by atoms with Gasteiger partial charge in [0.15, 0.2) is 0 Å². The number of ether oxygens (including phenoxy) is 1. The van der Waals surface area contributed by atoms with Crippen LogP contribution in [0.5, 0.6) is 0 Å². The summed E-state index contributed by atoms with van der Waals surface area (Å²) in [5.41, 5.74) is 0.435. The molecule has 0 bridgehead atoms. The van der Waals surface area contributed by atoms with Crippen molar-refractivity contribution in [3.63, 3.8) is 0 Å². The van der Waals surface area contributed by atoms with E-state index < -0.39 is 5.60 Å². The third-order valence-corrected chi connectivity index (χ3v) is 4.61. The zero-order valence-corrected chi connectivity index (χ0v) is 16.2. The molecule has 0 aliphatic carbocycles. The van der Waals surface area contributed by atoms with E-state index >= 15 is 0 Å². The summed E-state index contributed by atoms with van der Waals surface area (Å²) in [6, 6.07) is 7.55. The predicted molar refractivity (Wildman–Crippen MR) is 98.5 cm³/mol. The highest BCUT2D eigenvalue weighted by atomic mass is 35.5. The number of carbonyl (C=O) groups is 2. The lowest BCUT2D eigenvalue weighted by Crippen LogP contribution is -2.45. The third kappa shape index (κ3) is 5.63. The molecule has 0 saturated carbocycles. The van der Waals surface area contributed by atoms with Crippen LogP contribution in [0.1, 0.15) is 39.2 Å². The minimum atomic E-state index is -0.501. The first kappa shape index (κ1) is 19.6. The Bertz CT molecular complexity index is 619. The van der Waals surface area contributed by atoms with Crippen LogP contribution in [0.25, 0.3) is 0 Å². The fourth-order valence-corrected chi connectivity index (χ4v) is 3.10. The van der Waals surface area contributed by atoms with Crippen LogP contribution in [0.4, 0.5) is 4.79 Å². The van der Waals surface area contributed by atoms with Gasteiger partial charge in [-0.1, -0.05) is 29.8 Å². The Labute approximate surface area is 154 Å². The van der Waals surface area contributed by atoms with Gasteiger partial charge in [0, 0.05) is 37.6 Å². The summed E-state index contributed by atoms with van der Waals surface area (Å²) in [6.07, 6.45) is 1.01. The van der Waals surface area contributed by atoms with Crippen molar-refractivity contribution in [2.45, 2.75) is 45.8 Å². The Kier molecular flexibility index (Phi) is 6.33. The van der Waals surface area contributed by atoms with Gasteiger partial charge < -0.3 is 14.5 Å². The lowest BCUT2D eigenvalue weighted by Gasteiger charge is -2.34. The first-order valence-electron chi connectivity index (χ1n) is 8.63. The molecule has 1 heterocycles. The summed E-state index contributed by atoms with van der Waals surface area (Å²) in [4.78, 5) is 28.2. The van der Waals surface area contributed by atoms with E-state index in [1.807, 2.05) is 45.0 Å². The van der Waals surface area contributed by atoms with Crippen LogP contribution in [-0.4, -0.2) is 47.5 Å². The topological polar surface area (TPSA) is 49.9 Å². The summed E-state index contributed by atoms with van der Waals surface area (Å²) in [6.45, 7) is 7.14. The summed E-state index contributed by atoms with van der Waals surface area (Å²) in [5.74, 6) is 0.0370. The Morgan fingerprint density at radius 1 is 1.24 bits per heavy atom. The molecule has 0 aromatic heterocycles. The maximum absolute atomic E-state index is 12.7. The van der Waals surface area contributed by atoms with E-state index in [4.69, 9.17) is 16.3 Å². The van der Waals surface area contributed by atoms with E-state index in [9.17, 15) is 9.59 Å². The average Bonchev–Trinajstić information content (AvgIpc) is 2.55. The van der Waals surface area contributed by atoms with Crippen molar-refractivity contribution in [1.29, 1.82) is 0 Å². The summed E-state index contributed by atoms with van der Waals surface area (Å²) < 4.78 is 5.39. The summed E-state index contributed by atoms with van der Waals surface area (Å²) >= 11 is 6.17. The molecule has 2 amide bonds. The predicted octanol–water partition coefficient (Wildman–Crippen LogP) is 3.95.